The molecule has 9 rings (SSSR count). The number of halogens is 2. The van der Waals surface area contributed by atoms with Gasteiger partial charge in [-0.15, -0.1) is 0 Å². The predicted molar refractivity (Wildman–Crippen MR) is 220 cm³/mol. The maximum Gasteiger partial charge on any atom is 0.329 e. The highest BCUT2D eigenvalue weighted by atomic mass is 32.2. The van der Waals surface area contributed by atoms with Crippen molar-refractivity contribution in [3.63, 3.8) is 0 Å². The lowest BCUT2D eigenvalue weighted by Crippen LogP contribution is -2.67. The molecule has 2 aromatic heterocycles. The molecule has 2 N–H and O–H groups in total. The summed E-state index contributed by atoms with van der Waals surface area (Å²) >= 11 is 0. The van der Waals surface area contributed by atoms with Crippen LogP contribution >= 0.6 is 0 Å². The molecule has 2 saturated carbocycles. The van der Waals surface area contributed by atoms with E-state index < -0.39 is 27.8 Å². The molecule has 318 valence electrons. The zero-order valence-corrected chi connectivity index (χ0v) is 34.6. The second-order valence-electron chi connectivity index (χ2n) is 16.5. The van der Waals surface area contributed by atoms with Crippen LogP contribution in [0, 0.1) is 28.4 Å². The first-order valence-electron chi connectivity index (χ1n) is 20.3. The van der Waals surface area contributed by atoms with Gasteiger partial charge in [-0.3, -0.25) is 29.3 Å². The topological polar surface area (TPSA) is 188 Å². The van der Waals surface area contributed by atoms with Gasteiger partial charge in [0.1, 0.15) is 29.3 Å². The van der Waals surface area contributed by atoms with Crippen molar-refractivity contribution >= 4 is 55.6 Å². The number of benzene rings is 3. The van der Waals surface area contributed by atoms with Gasteiger partial charge in [0.05, 0.1) is 28.4 Å². The van der Waals surface area contributed by atoms with Crippen LogP contribution in [0.2, 0.25) is 0 Å². The summed E-state index contributed by atoms with van der Waals surface area (Å²) in [6.45, 7) is 4.01. The van der Waals surface area contributed by atoms with E-state index in [1.807, 2.05) is 12.1 Å². The molecule has 0 atom stereocenters. The largest absolute Gasteiger partial charge is 0.473 e. The Balaban J connectivity index is 0.787. The lowest BCUT2D eigenvalue weighted by Gasteiger charge is -2.61. The number of anilines is 2. The van der Waals surface area contributed by atoms with Crippen molar-refractivity contribution in [1.82, 2.24) is 34.3 Å². The van der Waals surface area contributed by atoms with Crippen LogP contribution in [-0.4, -0.2) is 94.7 Å². The number of urea groups is 1. The lowest BCUT2D eigenvalue weighted by atomic mass is 9.61. The summed E-state index contributed by atoms with van der Waals surface area (Å²) in [5.41, 5.74) is 2.17. The number of nitrogens with zero attached hydrogens (tertiary/aromatic N) is 8. The number of imide groups is 1. The van der Waals surface area contributed by atoms with E-state index in [1.165, 1.54) is 24.1 Å². The third-order valence-corrected chi connectivity index (χ3v) is 14.2. The molecule has 3 amide bonds. The number of aryl methyl sites for hydroxylation is 1. The highest BCUT2D eigenvalue weighted by Gasteiger charge is 2.55. The fraction of sp³-hybridized carbons (Fsp3) is 0.429. The van der Waals surface area contributed by atoms with E-state index in [0.29, 0.717) is 39.7 Å². The van der Waals surface area contributed by atoms with E-state index in [4.69, 9.17) is 9.47 Å². The van der Waals surface area contributed by atoms with Gasteiger partial charge >= 0.3 is 16.2 Å². The fourth-order valence-electron chi connectivity index (χ4n) is 9.25. The number of aromatic nitrogens is 4. The van der Waals surface area contributed by atoms with Gasteiger partial charge in [-0.25, -0.2) is 23.5 Å². The van der Waals surface area contributed by atoms with Gasteiger partial charge in [0.25, 0.3) is 0 Å². The first kappa shape index (κ1) is 40.4. The number of nitrogens with one attached hydrogen (secondary N) is 2. The quantitative estimate of drug-likeness (QED) is 0.157. The smallest absolute Gasteiger partial charge is 0.329 e. The van der Waals surface area contributed by atoms with Crippen LogP contribution in [0.1, 0.15) is 68.9 Å². The molecule has 0 bridgehead atoms. The van der Waals surface area contributed by atoms with E-state index in [-0.39, 0.29) is 65.7 Å². The summed E-state index contributed by atoms with van der Waals surface area (Å²) in [6.07, 6.45) is 7.17. The minimum Gasteiger partial charge on any atom is -0.473 e. The van der Waals surface area contributed by atoms with Crippen molar-refractivity contribution in [1.29, 1.82) is 5.26 Å². The number of fused-ring (bicyclic) bond motifs is 2. The molecule has 61 heavy (non-hydrogen) atoms. The van der Waals surface area contributed by atoms with Crippen LogP contribution in [0.3, 0.4) is 0 Å². The van der Waals surface area contributed by atoms with E-state index in [9.17, 15) is 23.3 Å². The summed E-state index contributed by atoms with van der Waals surface area (Å²) in [6, 6.07) is 12.1. The number of nitriles is 1. The number of carbonyl (C=O) groups excluding carboxylic acids is 2. The number of ether oxygens (including phenoxy) is 2. The Bertz CT molecular complexity index is 2740. The normalized spacial score (nSPS) is 20.7. The van der Waals surface area contributed by atoms with Gasteiger partial charge in [0.15, 0.2) is 17.4 Å². The Morgan fingerprint density at radius 1 is 1.05 bits per heavy atom. The van der Waals surface area contributed by atoms with Crippen molar-refractivity contribution in [2.75, 3.05) is 42.8 Å². The Morgan fingerprint density at radius 3 is 2.54 bits per heavy atom. The molecule has 2 aliphatic carbocycles. The standard InChI is InChI=1S/C42H44F2N10O6S/c1-4-51(2)61(57,58)50-33-12-10-31(43)39(30(33)20-45)60-26-9-11-34-35(15-26)47-38(21-46-34)59-27-18-42(19-27)22-53(23-42)25-7-5-24(6-8-25)28-17-36-29(16-32(28)44)40(49-52(36)3)54-14-13-37(55)48-41(54)56/h9-12,15-17,21,24-25,27,50H,4-8,13-14,18-19,22-23H2,1-3H3,(H,48,55,56). The zero-order valence-electron chi connectivity index (χ0n) is 33.8. The summed E-state index contributed by atoms with van der Waals surface area (Å²) in [5.74, 6) is -0.961. The van der Waals surface area contributed by atoms with E-state index in [2.05, 4.69) is 30.0 Å². The van der Waals surface area contributed by atoms with Crippen LogP contribution in [0.15, 0.2) is 48.7 Å². The van der Waals surface area contributed by atoms with E-state index in [1.54, 1.807) is 43.0 Å². The Labute approximate surface area is 350 Å². The van der Waals surface area contributed by atoms with Gasteiger partial charge in [-0.1, -0.05) is 6.92 Å². The molecule has 16 nitrogen and oxygen atoms in total. The lowest BCUT2D eigenvalue weighted by molar-refractivity contribution is -0.138. The van der Waals surface area contributed by atoms with Gasteiger partial charge in [-0.05, 0) is 86.4 Å². The molecular formula is C42H44F2N10O6S. The third-order valence-electron chi connectivity index (χ3n) is 12.6. The summed E-state index contributed by atoms with van der Waals surface area (Å²) < 4.78 is 73.1. The molecule has 4 aliphatic rings. The molecule has 4 fully saturated rings. The first-order chi connectivity index (χ1) is 29.2. The summed E-state index contributed by atoms with van der Waals surface area (Å²) in [7, 11) is -0.826. The Morgan fingerprint density at radius 2 is 1.82 bits per heavy atom. The molecule has 2 aliphatic heterocycles. The highest BCUT2D eigenvalue weighted by molar-refractivity contribution is 7.90. The molecule has 0 radical (unpaired) electrons. The third kappa shape index (κ3) is 7.57. The average molecular weight is 855 g/mol. The molecule has 0 unspecified atom stereocenters. The maximum absolute atomic E-state index is 15.7. The van der Waals surface area contributed by atoms with Crippen molar-refractivity contribution < 1.29 is 36.3 Å². The second kappa shape index (κ2) is 15.5. The Kier molecular flexibility index (Phi) is 10.3. The van der Waals surface area contributed by atoms with Gasteiger partial charge in [0, 0.05) is 69.6 Å². The number of likely N-dealkylation sites (tertiary alicyclic amines) is 1. The zero-order chi connectivity index (χ0) is 42.8. The van der Waals surface area contributed by atoms with Gasteiger partial charge < -0.3 is 9.47 Å². The number of rotatable bonds is 11. The molecule has 4 heterocycles. The van der Waals surface area contributed by atoms with Crippen LogP contribution in [0.4, 0.5) is 25.1 Å². The Hall–Kier alpha value is -5.97. The van der Waals surface area contributed by atoms with Crippen molar-refractivity contribution in [3.05, 3.63) is 71.4 Å². The summed E-state index contributed by atoms with van der Waals surface area (Å²) in [4.78, 5) is 37.2. The van der Waals surface area contributed by atoms with Gasteiger partial charge in [-0.2, -0.15) is 23.1 Å². The molecule has 3 aromatic carbocycles. The highest BCUT2D eigenvalue weighted by Crippen LogP contribution is 2.52. The minimum absolute atomic E-state index is 0.0215. The van der Waals surface area contributed by atoms with Crippen molar-refractivity contribution in [2.45, 2.75) is 69.9 Å². The first-order valence-corrected chi connectivity index (χ1v) is 21.8. The van der Waals surface area contributed by atoms with Gasteiger partial charge in [0.2, 0.25) is 11.8 Å². The average Bonchev–Trinajstić information content (AvgIpc) is 3.52. The number of hydrogen-bond donors (Lipinski definition) is 2. The van der Waals surface area contributed by atoms with Crippen molar-refractivity contribution in [3.8, 4) is 23.4 Å². The van der Waals surface area contributed by atoms with Crippen LogP contribution in [0.5, 0.6) is 17.4 Å². The maximum atomic E-state index is 15.7. The van der Waals surface area contributed by atoms with E-state index in [0.717, 1.165) is 67.5 Å². The molecule has 19 heteroatoms. The molecule has 2 saturated heterocycles. The SMILES string of the molecule is CCN(C)S(=O)(=O)Nc1ccc(F)c(Oc2ccc3ncc(OC4CC5(C4)CN(C4CCC(c6cc7c(cc6F)c(N6CCC(=O)NC6=O)nn7C)CC4)C5)nc3c2)c1C#N. The van der Waals surface area contributed by atoms with Crippen LogP contribution < -0.4 is 24.4 Å². The molecular weight excluding hydrogens is 811 g/mol. The number of carbonyl (C=O) groups is 2. The monoisotopic (exact) mass is 854 g/mol. The number of hydrogen-bond acceptors (Lipinski definition) is 11. The van der Waals surface area contributed by atoms with Crippen LogP contribution in [-0.2, 0) is 22.1 Å². The van der Waals surface area contributed by atoms with E-state index >= 15 is 8.78 Å². The molecule has 5 aromatic rings. The molecule has 1 spiro atoms. The van der Waals surface area contributed by atoms with Crippen LogP contribution in [0.25, 0.3) is 21.9 Å². The second-order valence-corrected chi connectivity index (χ2v) is 18.3. The predicted octanol–water partition coefficient (Wildman–Crippen LogP) is 6.08. The fourth-order valence-corrected chi connectivity index (χ4v) is 10.2. The number of amides is 3. The van der Waals surface area contributed by atoms with Crippen molar-refractivity contribution in [2.24, 2.45) is 12.5 Å². The summed E-state index contributed by atoms with van der Waals surface area (Å²) in [5, 5.41) is 17.2. The minimum atomic E-state index is -3.98.